The van der Waals surface area contributed by atoms with Gasteiger partial charge in [-0.1, -0.05) is 17.7 Å². The van der Waals surface area contributed by atoms with Crippen molar-refractivity contribution in [3.05, 3.63) is 53.1 Å². The van der Waals surface area contributed by atoms with Crippen LogP contribution in [0.25, 0.3) is 0 Å². The summed E-state index contributed by atoms with van der Waals surface area (Å²) in [5.41, 5.74) is 2.37. The predicted octanol–water partition coefficient (Wildman–Crippen LogP) is 4.04. The van der Waals surface area contributed by atoms with Crippen molar-refractivity contribution in [1.82, 2.24) is 0 Å². The van der Waals surface area contributed by atoms with E-state index in [-0.39, 0.29) is 18.2 Å². The lowest BCUT2D eigenvalue weighted by atomic mass is 10.1. The molecule has 0 aliphatic carbocycles. The van der Waals surface area contributed by atoms with E-state index in [4.69, 9.17) is 16.3 Å². The van der Waals surface area contributed by atoms with E-state index in [1.807, 2.05) is 44.2 Å². The summed E-state index contributed by atoms with van der Waals surface area (Å²) in [7, 11) is 0. The van der Waals surface area contributed by atoms with Gasteiger partial charge in [0.25, 0.3) is 0 Å². The second kappa shape index (κ2) is 7.79. The first-order valence-electron chi connectivity index (χ1n) is 8.58. The van der Waals surface area contributed by atoms with Crippen molar-refractivity contribution in [2.24, 2.45) is 5.92 Å². The van der Waals surface area contributed by atoms with Crippen LogP contribution in [0.5, 0.6) is 5.75 Å². The Bertz CT molecular complexity index is 820. The smallest absolute Gasteiger partial charge is 0.229 e. The molecule has 136 valence electrons. The molecule has 2 aromatic rings. The van der Waals surface area contributed by atoms with Crippen molar-refractivity contribution < 1.29 is 14.3 Å². The minimum Gasteiger partial charge on any atom is -0.494 e. The number of hydrogen-bond donors (Lipinski definition) is 1. The fourth-order valence-electron chi connectivity index (χ4n) is 2.99. The number of hydrogen-bond acceptors (Lipinski definition) is 3. The van der Waals surface area contributed by atoms with Gasteiger partial charge in [-0.25, -0.2) is 0 Å². The van der Waals surface area contributed by atoms with Crippen molar-refractivity contribution in [3.63, 3.8) is 0 Å². The summed E-state index contributed by atoms with van der Waals surface area (Å²) in [5.74, 6) is 0.135. The molecule has 1 heterocycles. The Balaban J connectivity index is 1.68. The minimum absolute atomic E-state index is 0.0582. The van der Waals surface area contributed by atoms with Gasteiger partial charge in [0.2, 0.25) is 11.8 Å². The molecular weight excluding hydrogens is 352 g/mol. The van der Waals surface area contributed by atoms with E-state index in [9.17, 15) is 9.59 Å². The number of rotatable bonds is 5. The van der Waals surface area contributed by atoms with E-state index in [1.165, 1.54) is 0 Å². The standard InChI is InChI=1S/C20H21ClN2O3/c1-3-26-17-8-6-16(7-9-17)23-12-14(10-19(23)24)20(25)22-18-11-15(21)5-4-13(18)2/h4-9,11,14H,3,10,12H2,1-2H3,(H,22,25). The van der Waals surface area contributed by atoms with Crippen LogP contribution in [0.2, 0.25) is 5.02 Å². The highest BCUT2D eigenvalue weighted by atomic mass is 35.5. The molecule has 2 aromatic carbocycles. The first-order chi connectivity index (χ1) is 12.5. The summed E-state index contributed by atoms with van der Waals surface area (Å²) in [6.45, 7) is 4.77. The van der Waals surface area contributed by atoms with Gasteiger partial charge in [-0.15, -0.1) is 0 Å². The summed E-state index contributed by atoms with van der Waals surface area (Å²) in [5, 5.41) is 3.45. The molecule has 1 saturated heterocycles. The first kappa shape index (κ1) is 18.3. The Morgan fingerprint density at radius 1 is 1.27 bits per heavy atom. The van der Waals surface area contributed by atoms with Crippen LogP contribution in [-0.2, 0) is 9.59 Å². The third kappa shape index (κ3) is 3.99. The Labute approximate surface area is 157 Å². The molecule has 2 amide bonds. The normalized spacial score (nSPS) is 16.7. The maximum Gasteiger partial charge on any atom is 0.229 e. The van der Waals surface area contributed by atoms with Crippen molar-refractivity contribution in [2.75, 3.05) is 23.4 Å². The van der Waals surface area contributed by atoms with Gasteiger partial charge in [-0.3, -0.25) is 9.59 Å². The largest absolute Gasteiger partial charge is 0.494 e. The minimum atomic E-state index is -0.396. The molecule has 1 N–H and O–H groups in total. The van der Waals surface area contributed by atoms with E-state index >= 15 is 0 Å². The van der Waals surface area contributed by atoms with Crippen molar-refractivity contribution >= 4 is 34.8 Å². The van der Waals surface area contributed by atoms with Gasteiger partial charge in [0, 0.05) is 29.4 Å². The van der Waals surface area contributed by atoms with Gasteiger partial charge < -0.3 is 15.0 Å². The maximum atomic E-state index is 12.6. The molecule has 0 saturated carbocycles. The van der Waals surface area contributed by atoms with E-state index < -0.39 is 5.92 Å². The number of benzene rings is 2. The van der Waals surface area contributed by atoms with Gasteiger partial charge in [0.05, 0.1) is 12.5 Å². The Hall–Kier alpha value is -2.53. The van der Waals surface area contributed by atoms with Crippen LogP contribution in [-0.4, -0.2) is 25.0 Å². The van der Waals surface area contributed by atoms with Crippen LogP contribution >= 0.6 is 11.6 Å². The fraction of sp³-hybridized carbons (Fsp3) is 0.300. The van der Waals surface area contributed by atoms with Crippen molar-refractivity contribution in [2.45, 2.75) is 20.3 Å². The highest BCUT2D eigenvalue weighted by molar-refractivity contribution is 6.31. The number of halogens is 1. The predicted molar refractivity (Wildman–Crippen MR) is 103 cm³/mol. The third-order valence-electron chi connectivity index (χ3n) is 4.41. The van der Waals surface area contributed by atoms with Crippen LogP contribution < -0.4 is 15.0 Å². The molecule has 1 aliphatic rings. The number of carbonyl (C=O) groups excluding carboxylic acids is 2. The van der Waals surface area contributed by atoms with Gasteiger partial charge in [-0.05, 0) is 55.8 Å². The number of nitrogens with zero attached hydrogens (tertiary/aromatic N) is 1. The molecular formula is C20H21ClN2O3. The lowest BCUT2D eigenvalue weighted by Gasteiger charge is -2.17. The van der Waals surface area contributed by atoms with Crippen molar-refractivity contribution in [3.8, 4) is 5.75 Å². The first-order valence-corrected chi connectivity index (χ1v) is 8.96. The second-order valence-electron chi connectivity index (χ2n) is 6.28. The van der Waals surface area contributed by atoms with Crippen LogP contribution in [0.3, 0.4) is 0 Å². The van der Waals surface area contributed by atoms with E-state index in [0.29, 0.717) is 23.9 Å². The summed E-state index contributed by atoms with van der Waals surface area (Å²) in [6.07, 6.45) is 0.193. The Kier molecular flexibility index (Phi) is 5.47. The topological polar surface area (TPSA) is 58.6 Å². The number of amides is 2. The number of anilines is 2. The number of nitrogens with one attached hydrogen (secondary N) is 1. The van der Waals surface area contributed by atoms with Crippen LogP contribution in [0.1, 0.15) is 18.9 Å². The monoisotopic (exact) mass is 372 g/mol. The lowest BCUT2D eigenvalue weighted by molar-refractivity contribution is -0.122. The molecule has 1 aliphatic heterocycles. The van der Waals surface area contributed by atoms with Crippen LogP contribution in [0, 0.1) is 12.8 Å². The Morgan fingerprint density at radius 2 is 2.00 bits per heavy atom. The summed E-state index contributed by atoms with van der Waals surface area (Å²) in [4.78, 5) is 26.6. The number of carbonyl (C=O) groups is 2. The average Bonchev–Trinajstić information content (AvgIpc) is 3.01. The summed E-state index contributed by atoms with van der Waals surface area (Å²) >= 11 is 6.00. The zero-order valence-electron chi connectivity index (χ0n) is 14.8. The van der Waals surface area contributed by atoms with Gasteiger partial charge in [0.1, 0.15) is 5.75 Å². The third-order valence-corrected chi connectivity index (χ3v) is 4.65. The molecule has 1 atom stereocenters. The van der Waals surface area contributed by atoms with E-state index in [0.717, 1.165) is 17.0 Å². The number of aryl methyl sites for hydroxylation is 1. The van der Waals surface area contributed by atoms with Crippen molar-refractivity contribution in [1.29, 1.82) is 0 Å². The molecule has 5 nitrogen and oxygen atoms in total. The van der Waals surface area contributed by atoms with Gasteiger partial charge in [0.15, 0.2) is 0 Å². The molecule has 26 heavy (non-hydrogen) atoms. The zero-order valence-corrected chi connectivity index (χ0v) is 15.5. The van der Waals surface area contributed by atoms with Gasteiger partial charge in [-0.2, -0.15) is 0 Å². The molecule has 3 rings (SSSR count). The quantitative estimate of drug-likeness (QED) is 0.861. The van der Waals surface area contributed by atoms with Crippen LogP contribution in [0.15, 0.2) is 42.5 Å². The molecule has 1 unspecified atom stereocenters. The summed E-state index contributed by atoms with van der Waals surface area (Å²) < 4.78 is 5.42. The average molecular weight is 373 g/mol. The Morgan fingerprint density at radius 3 is 2.69 bits per heavy atom. The molecule has 0 bridgehead atoms. The molecule has 6 heteroatoms. The molecule has 0 radical (unpaired) electrons. The van der Waals surface area contributed by atoms with E-state index in [1.54, 1.807) is 17.0 Å². The molecule has 0 aromatic heterocycles. The highest BCUT2D eigenvalue weighted by Crippen LogP contribution is 2.28. The zero-order chi connectivity index (χ0) is 18.7. The van der Waals surface area contributed by atoms with E-state index in [2.05, 4.69) is 5.32 Å². The summed E-state index contributed by atoms with van der Waals surface area (Å²) in [6, 6.07) is 12.7. The highest BCUT2D eigenvalue weighted by Gasteiger charge is 2.35. The molecule has 0 spiro atoms. The fourth-order valence-corrected chi connectivity index (χ4v) is 3.16. The maximum absolute atomic E-state index is 12.6. The second-order valence-corrected chi connectivity index (χ2v) is 6.72. The van der Waals surface area contributed by atoms with Crippen LogP contribution in [0.4, 0.5) is 11.4 Å². The lowest BCUT2D eigenvalue weighted by Crippen LogP contribution is -2.28. The number of ether oxygens (including phenoxy) is 1. The SMILES string of the molecule is CCOc1ccc(N2CC(C(=O)Nc3cc(Cl)ccc3C)CC2=O)cc1. The molecule has 1 fully saturated rings. The van der Waals surface area contributed by atoms with Gasteiger partial charge >= 0.3 is 0 Å².